The van der Waals surface area contributed by atoms with Crippen molar-refractivity contribution < 1.29 is 13.9 Å². The molecule has 0 saturated heterocycles. The summed E-state index contributed by atoms with van der Waals surface area (Å²) in [4.78, 5) is 0. The highest BCUT2D eigenvalue weighted by atomic mass is 28.4. The summed E-state index contributed by atoms with van der Waals surface area (Å²) in [6.45, 7) is 24.4. The van der Waals surface area contributed by atoms with E-state index in [1.807, 2.05) is 12.1 Å². The average Bonchev–Trinajstić information content (AvgIpc) is 2.85. The van der Waals surface area contributed by atoms with Crippen LogP contribution in [0.3, 0.4) is 0 Å². The molecule has 0 heterocycles. The Morgan fingerprint density at radius 2 is 1.54 bits per heavy atom. The summed E-state index contributed by atoms with van der Waals surface area (Å²) in [5, 5.41) is 0. The van der Waals surface area contributed by atoms with Crippen LogP contribution in [0.2, 0.25) is 16.6 Å². The lowest BCUT2D eigenvalue weighted by atomic mass is 9.47. The molecule has 3 rings (SSSR count). The maximum absolute atomic E-state index is 7.09. The van der Waals surface area contributed by atoms with Crippen LogP contribution in [0.4, 0.5) is 0 Å². The second kappa shape index (κ2) is 12.4. The molecule has 0 N–H and O–H groups in total. The van der Waals surface area contributed by atoms with Gasteiger partial charge < -0.3 is 13.9 Å². The molecule has 1 aromatic rings. The largest absolute Gasteiger partial charge is 0.497 e. The maximum Gasteiger partial charge on any atom is 0.200 e. The van der Waals surface area contributed by atoms with Gasteiger partial charge in [-0.2, -0.15) is 0 Å². The number of methoxy groups -OCH3 is 1. The number of benzene rings is 1. The van der Waals surface area contributed by atoms with Gasteiger partial charge >= 0.3 is 0 Å². The van der Waals surface area contributed by atoms with E-state index in [0.29, 0.717) is 34.6 Å². The predicted molar refractivity (Wildman–Crippen MR) is 160 cm³/mol. The van der Waals surface area contributed by atoms with Crippen molar-refractivity contribution in [2.24, 2.45) is 22.7 Å². The van der Waals surface area contributed by atoms with E-state index < -0.39 is 8.32 Å². The van der Waals surface area contributed by atoms with E-state index in [1.54, 1.807) is 7.11 Å². The van der Waals surface area contributed by atoms with Gasteiger partial charge in [-0.25, -0.2) is 0 Å². The smallest absolute Gasteiger partial charge is 0.200 e. The fraction of sp³-hybridized carbons (Fsp3) is 0.758. The second-order valence-electron chi connectivity index (χ2n) is 13.5. The maximum atomic E-state index is 7.09. The summed E-state index contributed by atoms with van der Waals surface area (Å²) in [7, 11) is -0.129. The highest BCUT2D eigenvalue weighted by molar-refractivity contribution is 6.77. The molecule has 3 nitrogen and oxygen atoms in total. The third-order valence-electron chi connectivity index (χ3n) is 10.8. The summed E-state index contributed by atoms with van der Waals surface area (Å²) in [5.41, 5.74) is 5.18. The summed E-state index contributed by atoms with van der Waals surface area (Å²) >= 11 is 0. The monoisotopic (exact) mass is 528 g/mol. The standard InChI is InChI=1S/C33H56O3Si/c1-24(2)37(25(3)4,26(5)6)36-21-20-32(8)27(7)18-19-33(9)29(12-11-13-31(32)33)23-35-22-28-14-16-30(34-10)17-15-28/h12,14-17,24-27,31H,11,13,18-23H2,1-10H3/t27-,31+,32-,33-/m1/s1. The van der Waals surface area contributed by atoms with Crippen LogP contribution in [0, 0.1) is 22.7 Å². The first kappa shape index (κ1) is 30.4. The van der Waals surface area contributed by atoms with Gasteiger partial charge in [0.05, 0.1) is 20.3 Å². The summed E-state index contributed by atoms with van der Waals surface area (Å²) in [6, 6.07) is 8.24. The molecule has 2 aliphatic carbocycles. The van der Waals surface area contributed by atoms with E-state index in [4.69, 9.17) is 13.9 Å². The number of ether oxygens (including phenoxy) is 2. The molecule has 37 heavy (non-hydrogen) atoms. The van der Waals surface area contributed by atoms with Crippen LogP contribution in [0.15, 0.2) is 35.9 Å². The molecular weight excluding hydrogens is 472 g/mol. The van der Waals surface area contributed by atoms with Gasteiger partial charge in [0, 0.05) is 6.61 Å². The van der Waals surface area contributed by atoms with E-state index >= 15 is 0 Å². The Morgan fingerprint density at radius 3 is 2.11 bits per heavy atom. The van der Waals surface area contributed by atoms with Crippen LogP contribution in [-0.2, 0) is 15.8 Å². The van der Waals surface area contributed by atoms with Gasteiger partial charge in [-0.3, -0.25) is 0 Å². The molecule has 4 heteroatoms. The highest BCUT2D eigenvalue weighted by Gasteiger charge is 2.54. The molecule has 210 valence electrons. The zero-order chi connectivity index (χ0) is 27.4. The molecule has 0 radical (unpaired) electrons. The molecule has 0 amide bonds. The summed E-state index contributed by atoms with van der Waals surface area (Å²) in [5.74, 6) is 2.30. The number of fused-ring (bicyclic) bond motifs is 1. The van der Waals surface area contributed by atoms with Crippen molar-refractivity contribution in [3.8, 4) is 5.75 Å². The van der Waals surface area contributed by atoms with Crippen molar-refractivity contribution in [3.05, 3.63) is 41.5 Å². The highest BCUT2D eigenvalue weighted by Crippen LogP contribution is 2.61. The molecule has 4 atom stereocenters. The van der Waals surface area contributed by atoms with Crippen molar-refractivity contribution >= 4 is 8.32 Å². The Balaban J connectivity index is 1.70. The van der Waals surface area contributed by atoms with Gasteiger partial charge in [0.1, 0.15) is 5.75 Å². The summed E-state index contributed by atoms with van der Waals surface area (Å²) in [6.07, 6.45) is 8.71. The van der Waals surface area contributed by atoms with Crippen molar-refractivity contribution in [3.63, 3.8) is 0 Å². The molecule has 0 spiro atoms. The number of allylic oxidation sites excluding steroid dienone is 1. The van der Waals surface area contributed by atoms with Crippen LogP contribution in [0.25, 0.3) is 0 Å². The molecule has 0 aliphatic heterocycles. The van der Waals surface area contributed by atoms with Crippen molar-refractivity contribution in [1.82, 2.24) is 0 Å². The minimum atomic E-state index is -1.84. The number of rotatable bonds is 12. The van der Waals surface area contributed by atoms with E-state index in [9.17, 15) is 0 Å². The Bertz CT molecular complexity index is 868. The van der Waals surface area contributed by atoms with E-state index in [-0.39, 0.29) is 5.41 Å². The van der Waals surface area contributed by atoms with Crippen molar-refractivity contribution in [1.29, 1.82) is 0 Å². The van der Waals surface area contributed by atoms with Gasteiger partial charge in [0.2, 0.25) is 0 Å². The Morgan fingerprint density at radius 1 is 0.919 bits per heavy atom. The van der Waals surface area contributed by atoms with Crippen LogP contribution < -0.4 is 4.74 Å². The van der Waals surface area contributed by atoms with Gasteiger partial charge in [-0.15, -0.1) is 0 Å². The SMILES string of the molecule is COc1ccc(COCC2=CCC[C@H]3[C@](C)(CCO[Si](C(C)C)(C(C)C)C(C)C)[C@H](C)CC[C@]23C)cc1. The topological polar surface area (TPSA) is 27.7 Å². The molecule has 1 aromatic carbocycles. The van der Waals surface area contributed by atoms with E-state index in [2.05, 4.69) is 80.5 Å². The minimum absolute atomic E-state index is 0.224. The summed E-state index contributed by atoms with van der Waals surface area (Å²) < 4.78 is 18.7. The van der Waals surface area contributed by atoms with Gasteiger partial charge in [0.25, 0.3) is 0 Å². The first-order chi connectivity index (χ1) is 17.4. The zero-order valence-electron chi connectivity index (χ0n) is 25.7. The average molecular weight is 529 g/mol. The Labute approximate surface area is 229 Å². The minimum Gasteiger partial charge on any atom is -0.497 e. The molecule has 0 aromatic heterocycles. The lowest BCUT2D eigenvalue weighted by Crippen LogP contribution is -2.52. The Hall–Kier alpha value is -1.10. The van der Waals surface area contributed by atoms with Crippen molar-refractivity contribution in [2.45, 2.75) is 118 Å². The first-order valence-electron chi connectivity index (χ1n) is 15.0. The lowest BCUT2D eigenvalue weighted by molar-refractivity contribution is -0.0605. The number of hydrogen-bond donors (Lipinski definition) is 0. The lowest BCUT2D eigenvalue weighted by Gasteiger charge is -2.58. The third-order valence-corrected chi connectivity index (χ3v) is 16.9. The van der Waals surface area contributed by atoms with Gasteiger partial charge in [-0.1, -0.05) is 80.5 Å². The molecule has 1 fully saturated rings. The zero-order valence-corrected chi connectivity index (χ0v) is 26.7. The fourth-order valence-electron chi connectivity index (χ4n) is 8.37. The van der Waals surface area contributed by atoms with Crippen LogP contribution >= 0.6 is 0 Å². The molecule has 2 aliphatic rings. The van der Waals surface area contributed by atoms with Crippen LogP contribution in [0.5, 0.6) is 5.75 Å². The molecule has 0 unspecified atom stereocenters. The second-order valence-corrected chi connectivity index (χ2v) is 18.9. The molecular formula is C33H56O3Si. The van der Waals surface area contributed by atoms with Crippen LogP contribution in [0.1, 0.15) is 100.0 Å². The molecule has 1 saturated carbocycles. The van der Waals surface area contributed by atoms with Gasteiger partial charge in [-0.05, 0) is 94.7 Å². The van der Waals surface area contributed by atoms with E-state index in [0.717, 1.165) is 24.9 Å². The quantitative estimate of drug-likeness (QED) is 0.200. The molecule has 0 bridgehead atoms. The van der Waals surface area contributed by atoms with E-state index in [1.165, 1.54) is 43.2 Å². The fourth-order valence-corrected chi connectivity index (χ4v) is 13.8. The predicted octanol–water partition coefficient (Wildman–Crippen LogP) is 9.57. The normalized spacial score (nSPS) is 28.5. The number of hydrogen-bond acceptors (Lipinski definition) is 3. The van der Waals surface area contributed by atoms with Crippen LogP contribution in [-0.4, -0.2) is 28.6 Å². The first-order valence-corrected chi connectivity index (χ1v) is 17.1. The Kier molecular flexibility index (Phi) is 10.2. The van der Waals surface area contributed by atoms with Crippen molar-refractivity contribution in [2.75, 3.05) is 20.3 Å². The van der Waals surface area contributed by atoms with Gasteiger partial charge in [0.15, 0.2) is 8.32 Å². The third kappa shape index (κ3) is 6.07.